The van der Waals surface area contributed by atoms with Gasteiger partial charge in [0, 0.05) is 6.42 Å². The van der Waals surface area contributed by atoms with Crippen LogP contribution in [0, 0.1) is 5.92 Å². The van der Waals surface area contributed by atoms with Crippen molar-refractivity contribution in [2.75, 3.05) is 7.11 Å². The summed E-state index contributed by atoms with van der Waals surface area (Å²) in [6.45, 7) is 13.6. The van der Waals surface area contributed by atoms with Gasteiger partial charge in [0.25, 0.3) is 0 Å². The number of hydrogen-bond donors (Lipinski definition) is 0. The van der Waals surface area contributed by atoms with Gasteiger partial charge in [0.05, 0.1) is 7.11 Å². The molecule has 0 aliphatic heterocycles. The highest BCUT2D eigenvalue weighted by molar-refractivity contribution is 5.98. The van der Waals surface area contributed by atoms with E-state index in [0.29, 0.717) is 12.3 Å². The van der Waals surface area contributed by atoms with E-state index in [2.05, 4.69) is 90.1 Å². The largest absolute Gasteiger partial charge is 0.469 e. The topological polar surface area (TPSA) is 26.3 Å². The van der Waals surface area contributed by atoms with E-state index < -0.39 is 0 Å². The molecular weight excluding hydrogens is 380 g/mol. The summed E-state index contributed by atoms with van der Waals surface area (Å²) in [7, 11) is 1.46. The Kier molecular flexibility index (Phi) is 6.79. The van der Waals surface area contributed by atoms with Crippen LogP contribution in [0.2, 0.25) is 0 Å². The predicted molar refractivity (Wildman–Crippen MR) is 133 cm³/mol. The molecule has 0 aliphatic rings. The molecule has 3 aromatic rings. The Morgan fingerprint density at radius 1 is 0.839 bits per heavy atom. The highest BCUT2D eigenvalue weighted by Gasteiger charge is 2.21. The van der Waals surface area contributed by atoms with Crippen molar-refractivity contribution in [3.05, 3.63) is 59.7 Å². The van der Waals surface area contributed by atoms with Gasteiger partial charge in [0.15, 0.2) is 0 Å². The van der Waals surface area contributed by atoms with Crippen molar-refractivity contribution in [2.45, 2.75) is 78.1 Å². The molecular formula is C29H38O2. The van der Waals surface area contributed by atoms with Crippen LogP contribution in [0.4, 0.5) is 0 Å². The van der Waals surface area contributed by atoms with Crippen LogP contribution in [0.1, 0.15) is 78.4 Å². The lowest BCUT2D eigenvalue weighted by Gasteiger charge is -2.26. The van der Waals surface area contributed by atoms with Crippen LogP contribution in [-0.4, -0.2) is 13.1 Å². The monoisotopic (exact) mass is 418 g/mol. The van der Waals surface area contributed by atoms with Crippen LogP contribution in [0.5, 0.6) is 0 Å². The zero-order valence-corrected chi connectivity index (χ0v) is 20.3. The Balaban J connectivity index is 1.81. The fourth-order valence-corrected chi connectivity index (χ4v) is 4.39. The summed E-state index contributed by atoms with van der Waals surface area (Å²) in [4.78, 5) is 11.5. The smallest absolute Gasteiger partial charge is 0.305 e. The standard InChI is InChI=1S/C29H38O2/c1-20(15-27(30)31-7)9-8-14-29(5,6)26-13-11-22-16-21-10-12-25(28(2,3)4)18-23(21)17-24(22)19-26/h10-13,16-20H,8-9,14-15H2,1-7H3. The van der Waals surface area contributed by atoms with Crippen molar-refractivity contribution >= 4 is 27.5 Å². The van der Waals surface area contributed by atoms with Gasteiger partial charge in [0.1, 0.15) is 0 Å². The van der Waals surface area contributed by atoms with Gasteiger partial charge >= 0.3 is 5.97 Å². The maximum absolute atomic E-state index is 11.5. The molecule has 0 bridgehead atoms. The molecule has 0 saturated heterocycles. The third-order valence-corrected chi connectivity index (χ3v) is 6.68. The Morgan fingerprint density at radius 2 is 1.39 bits per heavy atom. The van der Waals surface area contributed by atoms with Gasteiger partial charge in [0.2, 0.25) is 0 Å². The first-order valence-corrected chi connectivity index (χ1v) is 11.5. The van der Waals surface area contributed by atoms with Crippen molar-refractivity contribution in [3.8, 4) is 0 Å². The van der Waals surface area contributed by atoms with E-state index in [4.69, 9.17) is 4.74 Å². The molecule has 31 heavy (non-hydrogen) atoms. The van der Waals surface area contributed by atoms with E-state index in [-0.39, 0.29) is 16.8 Å². The average molecular weight is 419 g/mol. The van der Waals surface area contributed by atoms with Crippen molar-refractivity contribution < 1.29 is 9.53 Å². The minimum absolute atomic E-state index is 0.0986. The summed E-state index contributed by atoms with van der Waals surface area (Å²) in [5.74, 6) is 0.256. The normalized spacial score (nSPS) is 13.5. The third-order valence-electron chi connectivity index (χ3n) is 6.68. The lowest BCUT2D eigenvalue weighted by molar-refractivity contribution is -0.141. The molecule has 1 atom stereocenters. The van der Waals surface area contributed by atoms with Gasteiger partial charge in [-0.15, -0.1) is 0 Å². The van der Waals surface area contributed by atoms with Crippen molar-refractivity contribution in [1.82, 2.24) is 0 Å². The molecule has 0 fully saturated rings. The summed E-state index contributed by atoms with van der Waals surface area (Å²) >= 11 is 0. The number of rotatable bonds is 7. The van der Waals surface area contributed by atoms with Gasteiger partial charge in [-0.3, -0.25) is 4.79 Å². The summed E-state index contributed by atoms with van der Waals surface area (Å²) in [6.07, 6.45) is 3.77. The highest BCUT2D eigenvalue weighted by Crippen LogP contribution is 2.34. The van der Waals surface area contributed by atoms with Crippen LogP contribution in [0.15, 0.2) is 48.5 Å². The molecule has 2 nitrogen and oxygen atoms in total. The van der Waals surface area contributed by atoms with Crippen LogP contribution < -0.4 is 0 Å². The Hall–Kier alpha value is -2.35. The van der Waals surface area contributed by atoms with E-state index in [1.165, 1.54) is 39.8 Å². The molecule has 0 aliphatic carbocycles. The molecule has 166 valence electrons. The van der Waals surface area contributed by atoms with Gasteiger partial charge in [-0.25, -0.2) is 0 Å². The highest BCUT2D eigenvalue weighted by atomic mass is 16.5. The molecule has 0 aromatic heterocycles. The fourth-order valence-electron chi connectivity index (χ4n) is 4.39. The molecule has 3 rings (SSSR count). The maximum Gasteiger partial charge on any atom is 0.305 e. The first-order chi connectivity index (χ1) is 14.5. The van der Waals surface area contributed by atoms with Crippen molar-refractivity contribution in [2.24, 2.45) is 5.92 Å². The van der Waals surface area contributed by atoms with E-state index in [9.17, 15) is 4.79 Å². The average Bonchev–Trinajstić information content (AvgIpc) is 2.70. The minimum atomic E-state index is -0.108. The van der Waals surface area contributed by atoms with Crippen LogP contribution >= 0.6 is 0 Å². The second-order valence-corrected chi connectivity index (χ2v) is 10.9. The number of benzene rings is 3. The van der Waals surface area contributed by atoms with Gasteiger partial charge in [-0.1, -0.05) is 90.8 Å². The molecule has 3 aromatic carbocycles. The molecule has 0 N–H and O–H groups in total. The molecule has 2 heteroatoms. The van der Waals surface area contributed by atoms with E-state index >= 15 is 0 Å². The number of carbonyl (C=O) groups is 1. The Morgan fingerprint density at radius 3 is 1.97 bits per heavy atom. The molecule has 0 saturated carbocycles. The molecule has 1 unspecified atom stereocenters. The van der Waals surface area contributed by atoms with Crippen LogP contribution in [0.3, 0.4) is 0 Å². The lowest BCUT2D eigenvalue weighted by Crippen LogP contribution is -2.17. The van der Waals surface area contributed by atoms with E-state index in [0.717, 1.165) is 19.3 Å². The van der Waals surface area contributed by atoms with Gasteiger partial charge in [-0.2, -0.15) is 0 Å². The molecule has 0 amide bonds. The number of ether oxygens (including phenoxy) is 1. The quantitative estimate of drug-likeness (QED) is 0.287. The maximum atomic E-state index is 11.5. The molecule has 0 heterocycles. The number of carbonyl (C=O) groups excluding carboxylic acids is 1. The van der Waals surface area contributed by atoms with Crippen molar-refractivity contribution in [3.63, 3.8) is 0 Å². The number of hydrogen-bond acceptors (Lipinski definition) is 2. The second-order valence-electron chi connectivity index (χ2n) is 10.9. The van der Waals surface area contributed by atoms with Crippen LogP contribution in [0.25, 0.3) is 21.5 Å². The molecule has 0 spiro atoms. The lowest BCUT2D eigenvalue weighted by atomic mass is 9.78. The minimum Gasteiger partial charge on any atom is -0.469 e. The summed E-state index contributed by atoms with van der Waals surface area (Å²) in [5.41, 5.74) is 3.00. The first-order valence-electron chi connectivity index (χ1n) is 11.5. The molecule has 0 radical (unpaired) electrons. The predicted octanol–water partition coefficient (Wildman–Crippen LogP) is 7.94. The SMILES string of the molecule is COC(=O)CC(C)CCCC(C)(C)c1ccc2cc3ccc(C(C)(C)C)cc3cc2c1. The van der Waals surface area contributed by atoms with E-state index in [1.54, 1.807) is 0 Å². The van der Waals surface area contributed by atoms with Crippen LogP contribution in [-0.2, 0) is 20.4 Å². The second kappa shape index (κ2) is 9.02. The van der Waals surface area contributed by atoms with E-state index in [1.807, 2.05) is 0 Å². The number of methoxy groups -OCH3 is 1. The van der Waals surface area contributed by atoms with Gasteiger partial charge in [-0.05, 0) is 68.0 Å². The number of fused-ring (bicyclic) bond motifs is 2. The summed E-state index contributed by atoms with van der Waals surface area (Å²) < 4.78 is 4.80. The Labute approximate surface area is 188 Å². The zero-order chi connectivity index (χ0) is 22.8. The fraction of sp³-hybridized carbons (Fsp3) is 0.483. The van der Waals surface area contributed by atoms with Gasteiger partial charge < -0.3 is 4.74 Å². The summed E-state index contributed by atoms with van der Waals surface area (Å²) in [6, 6.07) is 18.4. The third kappa shape index (κ3) is 5.67. The summed E-state index contributed by atoms with van der Waals surface area (Å²) in [5, 5.41) is 5.21. The zero-order valence-electron chi connectivity index (χ0n) is 20.3. The Bertz CT molecular complexity index is 1070. The first kappa shape index (κ1) is 23.3. The number of esters is 1. The van der Waals surface area contributed by atoms with Crippen molar-refractivity contribution in [1.29, 1.82) is 0 Å².